The Balaban J connectivity index is 1.42. The lowest BCUT2D eigenvalue weighted by Gasteiger charge is -2.34. The van der Waals surface area contributed by atoms with E-state index in [2.05, 4.69) is 5.32 Å². The fourth-order valence-electron chi connectivity index (χ4n) is 3.91. The minimum absolute atomic E-state index is 0.0790. The zero-order valence-corrected chi connectivity index (χ0v) is 17.9. The molecule has 2 aromatic rings. The van der Waals surface area contributed by atoms with Crippen molar-refractivity contribution in [2.24, 2.45) is 5.73 Å². The van der Waals surface area contributed by atoms with Crippen LogP contribution in [0.15, 0.2) is 48.5 Å². The van der Waals surface area contributed by atoms with E-state index in [4.69, 9.17) is 15.9 Å². The number of nitrogens with zero attached hydrogens (tertiary/aromatic N) is 2. The number of nitrogens with one attached hydrogen (secondary N) is 2. The number of carbonyl (C=O) groups is 3. The monoisotopic (exact) mass is 451 g/mol. The quantitative estimate of drug-likeness (QED) is 0.378. The number of nitrogen functional groups attached to an aromatic ring is 1. The minimum atomic E-state index is -1.71. The lowest BCUT2D eigenvalue weighted by Crippen LogP contribution is -2.55. The van der Waals surface area contributed by atoms with Crippen LogP contribution in [-0.2, 0) is 19.1 Å². The standard InChI is InChI=1S/C23H25N5O5/c24-21(25)14-3-5-15(6-4-14)26-22(31)19(30)20-23(32)28(12-13-33-20)17-9-7-16(8-10-17)27-11-1-2-18(27)29/h3-10,19-20,30H,1-2,11-13H2,(H3,24,25)(H,26,31)/t19?,20-/m1/s1. The smallest absolute Gasteiger partial charge is 0.259 e. The molecule has 0 aromatic heterocycles. The maximum atomic E-state index is 13.0. The summed E-state index contributed by atoms with van der Waals surface area (Å²) in [7, 11) is 0. The lowest BCUT2D eigenvalue weighted by atomic mass is 10.1. The maximum Gasteiger partial charge on any atom is 0.259 e. The molecule has 2 aliphatic rings. The van der Waals surface area contributed by atoms with E-state index in [9.17, 15) is 19.5 Å². The molecule has 4 rings (SSSR count). The molecule has 0 spiro atoms. The average Bonchev–Trinajstić information content (AvgIpc) is 3.25. The summed E-state index contributed by atoms with van der Waals surface area (Å²) < 4.78 is 5.43. The first-order chi connectivity index (χ1) is 15.8. The summed E-state index contributed by atoms with van der Waals surface area (Å²) >= 11 is 0. The van der Waals surface area contributed by atoms with Crippen molar-refractivity contribution >= 4 is 40.6 Å². The fourth-order valence-corrected chi connectivity index (χ4v) is 3.91. The molecule has 1 unspecified atom stereocenters. The Bertz CT molecular complexity index is 1070. The average molecular weight is 451 g/mol. The van der Waals surface area contributed by atoms with Gasteiger partial charge in [-0.2, -0.15) is 0 Å². The molecule has 2 atom stereocenters. The van der Waals surface area contributed by atoms with Gasteiger partial charge >= 0.3 is 0 Å². The lowest BCUT2D eigenvalue weighted by molar-refractivity contribution is -0.150. The molecule has 0 bridgehead atoms. The van der Waals surface area contributed by atoms with E-state index in [1.54, 1.807) is 53.4 Å². The summed E-state index contributed by atoms with van der Waals surface area (Å²) in [5, 5.41) is 20.5. The van der Waals surface area contributed by atoms with Gasteiger partial charge < -0.3 is 30.7 Å². The van der Waals surface area contributed by atoms with Crippen molar-refractivity contribution in [3.63, 3.8) is 0 Å². The van der Waals surface area contributed by atoms with Gasteiger partial charge in [0.2, 0.25) is 5.91 Å². The van der Waals surface area contributed by atoms with Crippen LogP contribution in [0.25, 0.3) is 0 Å². The third-order valence-electron chi connectivity index (χ3n) is 5.69. The van der Waals surface area contributed by atoms with Gasteiger partial charge in [-0.15, -0.1) is 0 Å². The molecular formula is C23H25N5O5. The third-order valence-corrected chi connectivity index (χ3v) is 5.69. The minimum Gasteiger partial charge on any atom is -0.384 e. The van der Waals surface area contributed by atoms with Crippen LogP contribution in [0.3, 0.4) is 0 Å². The molecule has 2 aliphatic heterocycles. The SMILES string of the molecule is N=C(N)c1ccc(NC(=O)C(O)[C@H]2OCCN(c3ccc(N4CCCC4=O)cc3)C2=O)cc1. The molecule has 3 amide bonds. The van der Waals surface area contributed by atoms with Crippen molar-refractivity contribution in [1.82, 2.24) is 0 Å². The molecule has 0 radical (unpaired) electrons. The van der Waals surface area contributed by atoms with E-state index in [0.717, 1.165) is 12.1 Å². The van der Waals surface area contributed by atoms with Gasteiger partial charge in [0.1, 0.15) is 5.84 Å². The van der Waals surface area contributed by atoms with E-state index < -0.39 is 24.0 Å². The van der Waals surface area contributed by atoms with E-state index >= 15 is 0 Å². The van der Waals surface area contributed by atoms with Crippen LogP contribution in [0, 0.1) is 5.41 Å². The van der Waals surface area contributed by atoms with Crippen LogP contribution in [-0.4, -0.2) is 60.6 Å². The second-order valence-electron chi connectivity index (χ2n) is 7.87. The van der Waals surface area contributed by atoms with Gasteiger partial charge in [0.05, 0.1) is 6.61 Å². The van der Waals surface area contributed by atoms with Crippen LogP contribution >= 0.6 is 0 Å². The Labute approximate surface area is 190 Å². The predicted molar refractivity (Wildman–Crippen MR) is 122 cm³/mol. The Hall–Kier alpha value is -3.76. The molecule has 2 heterocycles. The molecule has 0 saturated carbocycles. The first-order valence-corrected chi connectivity index (χ1v) is 10.6. The van der Waals surface area contributed by atoms with Crippen LogP contribution in [0.2, 0.25) is 0 Å². The van der Waals surface area contributed by atoms with Crippen molar-refractivity contribution in [2.45, 2.75) is 25.0 Å². The summed E-state index contributed by atoms with van der Waals surface area (Å²) in [6.45, 7) is 1.11. The molecule has 0 aliphatic carbocycles. The van der Waals surface area contributed by atoms with Gasteiger partial charge in [0.15, 0.2) is 12.2 Å². The molecular weight excluding hydrogens is 426 g/mol. The highest BCUT2D eigenvalue weighted by atomic mass is 16.5. The summed E-state index contributed by atoms with van der Waals surface area (Å²) in [5.41, 5.74) is 7.66. The first kappa shape index (κ1) is 22.4. The summed E-state index contributed by atoms with van der Waals surface area (Å²) in [6.07, 6.45) is -1.71. The van der Waals surface area contributed by atoms with Crippen molar-refractivity contribution in [3.05, 3.63) is 54.1 Å². The van der Waals surface area contributed by atoms with E-state index in [1.807, 2.05) is 0 Å². The fraction of sp³-hybridized carbons (Fsp3) is 0.304. The van der Waals surface area contributed by atoms with Crippen LogP contribution in [0.4, 0.5) is 17.1 Å². The number of aliphatic hydroxyl groups excluding tert-OH is 1. The molecule has 2 saturated heterocycles. The Kier molecular flexibility index (Phi) is 6.38. The van der Waals surface area contributed by atoms with Crippen molar-refractivity contribution in [1.29, 1.82) is 5.41 Å². The number of rotatable bonds is 6. The number of benzene rings is 2. The highest BCUT2D eigenvalue weighted by Crippen LogP contribution is 2.26. The highest BCUT2D eigenvalue weighted by molar-refractivity contribution is 6.04. The second-order valence-corrected chi connectivity index (χ2v) is 7.87. The first-order valence-electron chi connectivity index (χ1n) is 10.6. The number of carbonyl (C=O) groups excluding carboxylic acids is 3. The predicted octanol–water partition coefficient (Wildman–Crippen LogP) is 0.829. The van der Waals surface area contributed by atoms with E-state index in [1.165, 1.54) is 4.90 Å². The van der Waals surface area contributed by atoms with Crippen molar-refractivity contribution < 1.29 is 24.2 Å². The number of aliphatic hydroxyl groups is 1. The maximum absolute atomic E-state index is 13.0. The highest BCUT2D eigenvalue weighted by Gasteiger charge is 2.39. The van der Waals surface area contributed by atoms with Crippen LogP contribution < -0.4 is 20.9 Å². The molecule has 10 heteroatoms. The zero-order valence-electron chi connectivity index (χ0n) is 17.9. The number of nitrogens with two attached hydrogens (primary N) is 1. The number of anilines is 3. The number of amidine groups is 1. The van der Waals surface area contributed by atoms with Crippen LogP contribution in [0.5, 0.6) is 0 Å². The van der Waals surface area contributed by atoms with Gasteiger partial charge in [-0.3, -0.25) is 19.8 Å². The topological polar surface area (TPSA) is 149 Å². The summed E-state index contributed by atoms with van der Waals surface area (Å²) in [5.74, 6) is -1.33. The summed E-state index contributed by atoms with van der Waals surface area (Å²) in [4.78, 5) is 40.6. The zero-order chi connectivity index (χ0) is 23.5. The molecule has 33 heavy (non-hydrogen) atoms. The van der Waals surface area contributed by atoms with Gasteiger partial charge in [-0.1, -0.05) is 0 Å². The Morgan fingerprint density at radius 2 is 1.70 bits per heavy atom. The summed E-state index contributed by atoms with van der Waals surface area (Å²) in [6, 6.07) is 13.3. The number of hydrogen-bond donors (Lipinski definition) is 4. The molecule has 2 aromatic carbocycles. The molecule has 172 valence electrons. The molecule has 5 N–H and O–H groups in total. The normalized spacial score (nSPS) is 19.5. The van der Waals surface area contributed by atoms with Crippen molar-refractivity contribution in [3.8, 4) is 0 Å². The van der Waals surface area contributed by atoms with Crippen LogP contribution in [0.1, 0.15) is 18.4 Å². The number of amides is 3. The van der Waals surface area contributed by atoms with Gasteiger partial charge in [-0.05, 0) is 55.0 Å². The van der Waals surface area contributed by atoms with Gasteiger partial charge in [0.25, 0.3) is 11.8 Å². The third kappa shape index (κ3) is 4.71. The molecule has 2 fully saturated rings. The largest absolute Gasteiger partial charge is 0.384 e. The number of hydrogen-bond acceptors (Lipinski definition) is 6. The number of morpholine rings is 1. The van der Waals surface area contributed by atoms with E-state index in [0.29, 0.717) is 29.9 Å². The number of ether oxygens (including phenoxy) is 1. The van der Waals surface area contributed by atoms with E-state index in [-0.39, 0.29) is 24.9 Å². The second kappa shape index (κ2) is 9.39. The van der Waals surface area contributed by atoms with Gasteiger partial charge in [-0.25, -0.2) is 0 Å². The van der Waals surface area contributed by atoms with Crippen molar-refractivity contribution in [2.75, 3.05) is 34.8 Å². The Morgan fingerprint density at radius 1 is 1.06 bits per heavy atom. The Morgan fingerprint density at radius 3 is 2.27 bits per heavy atom. The van der Waals surface area contributed by atoms with Gasteiger partial charge in [0, 0.05) is 42.1 Å². The molecule has 10 nitrogen and oxygen atoms in total.